The molecule has 30 heavy (non-hydrogen) atoms. The summed E-state index contributed by atoms with van der Waals surface area (Å²) >= 11 is 0. The van der Waals surface area contributed by atoms with Crippen LogP contribution >= 0.6 is 0 Å². The zero-order valence-corrected chi connectivity index (χ0v) is 15.0. The highest BCUT2D eigenvalue weighted by atomic mass is 19.4. The summed E-state index contributed by atoms with van der Waals surface area (Å²) in [5, 5.41) is 5.72. The fourth-order valence-electron chi connectivity index (χ4n) is 2.69. The van der Waals surface area contributed by atoms with Gasteiger partial charge in [0.05, 0.1) is 22.5 Å². The Morgan fingerprint density at radius 3 is 2.23 bits per heavy atom. The molecule has 0 aliphatic carbocycles. The lowest BCUT2D eigenvalue weighted by molar-refractivity contribution is -0.137. The second kappa shape index (κ2) is 8.05. The summed E-state index contributed by atoms with van der Waals surface area (Å²) in [6, 6.07) is 11.0. The zero-order valence-electron chi connectivity index (χ0n) is 15.0. The highest BCUT2D eigenvalue weighted by molar-refractivity contribution is 6.05. The third-order valence-electron chi connectivity index (χ3n) is 4.00. The van der Waals surface area contributed by atoms with Gasteiger partial charge >= 0.3 is 12.4 Å². The molecule has 0 atom stereocenters. The molecule has 0 saturated carbocycles. The second-order valence-electron chi connectivity index (χ2n) is 6.09. The normalized spacial score (nSPS) is 12.7. The predicted molar refractivity (Wildman–Crippen MR) is 97.7 cm³/mol. The zero-order chi connectivity index (χ0) is 21.9. The van der Waals surface area contributed by atoms with Crippen molar-refractivity contribution in [2.75, 3.05) is 5.32 Å². The van der Waals surface area contributed by atoms with E-state index in [-0.39, 0.29) is 17.3 Å². The minimum atomic E-state index is -4.88. The Morgan fingerprint density at radius 2 is 1.67 bits per heavy atom. The summed E-state index contributed by atoms with van der Waals surface area (Å²) in [7, 11) is 0. The van der Waals surface area contributed by atoms with Crippen LogP contribution in [0, 0.1) is 0 Å². The molecule has 0 unspecified atom stereocenters. The molecule has 0 aliphatic rings. The topological polar surface area (TPSA) is 46.9 Å². The average Bonchev–Trinajstić information content (AvgIpc) is 3.20. The number of aromatic nitrogens is 2. The molecule has 1 amide bonds. The summed E-state index contributed by atoms with van der Waals surface area (Å²) in [5.41, 5.74) is -3.38. The number of nitrogens with zero attached hydrogens (tertiary/aromatic N) is 2. The number of amides is 1. The van der Waals surface area contributed by atoms with Gasteiger partial charge in [0.2, 0.25) is 5.91 Å². The van der Waals surface area contributed by atoms with Crippen molar-refractivity contribution in [2.45, 2.75) is 12.4 Å². The van der Waals surface area contributed by atoms with Crippen molar-refractivity contribution in [3.63, 3.8) is 0 Å². The first kappa shape index (κ1) is 21.2. The lowest BCUT2D eigenvalue weighted by Crippen LogP contribution is -2.18. The van der Waals surface area contributed by atoms with Gasteiger partial charge in [0.25, 0.3) is 0 Å². The quantitative estimate of drug-likeness (QED) is 0.445. The summed E-state index contributed by atoms with van der Waals surface area (Å²) in [5.74, 6) is -1.34. The summed E-state index contributed by atoms with van der Waals surface area (Å²) in [4.78, 5) is 12.2. The van der Waals surface area contributed by atoms with Gasteiger partial charge < -0.3 is 5.32 Å². The van der Waals surface area contributed by atoms with Crippen LogP contribution in [0.2, 0.25) is 0 Å². The predicted octanol–water partition coefficient (Wildman–Crippen LogP) is 5.48. The van der Waals surface area contributed by atoms with E-state index in [9.17, 15) is 31.1 Å². The fourth-order valence-corrected chi connectivity index (χ4v) is 2.69. The molecule has 156 valence electrons. The molecule has 0 fully saturated rings. The Kier molecular flexibility index (Phi) is 5.68. The third kappa shape index (κ3) is 4.88. The van der Waals surface area contributed by atoms with Gasteiger partial charge in [-0.25, -0.2) is 4.68 Å². The number of hydrogen-bond acceptors (Lipinski definition) is 2. The van der Waals surface area contributed by atoms with Gasteiger partial charge in [-0.1, -0.05) is 30.3 Å². The van der Waals surface area contributed by atoms with E-state index in [4.69, 9.17) is 0 Å². The van der Waals surface area contributed by atoms with E-state index in [1.54, 1.807) is 0 Å². The number of hydrogen-bond donors (Lipinski definition) is 1. The van der Waals surface area contributed by atoms with E-state index < -0.39 is 35.1 Å². The maximum absolute atomic E-state index is 13.5. The molecule has 0 spiro atoms. The van der Waals surface area contributed by atoms with Crippen LogP contribution in [0.3, 0.4) is 0 Å². The first-order valence-electron chi connectivity index (χ1n) is 8.42. The van der Waals surface area contributed by atoms with Crippen molar-refractivity contribution in [1.29, 1.82) is 0 Å². The molecule has 0 bridgehead atoms. The molecule has 0 radical (unpaired) electrons. The van der Waals surface area contributed by atoms with E-state index in [0.717, 1.165) is 24.3 Å². The standard InChI is InChI=1S/C20H13F6N3O/c21-19(22,23)15(13-5-2-1-3-6-13)12-18(30)28-17-8-7-14(29-10-4-9-27-29)11-16(17)20(24,25)26/h1-12H,(H,28,30)/b15-12+. The highest BCUT2D eigenvalue weighted by Crippen LogP contribution is 2.37. The van der Waals surface area contributed by atoms with E-state index >= 15 is 0 Å². The van der Waals surface area contributed by atoms with Crippen LogP contribution in [0.5, 0.6) is 0 Å². The molecular formula is C20H13F6N3O. The monoisotopic (exact) mass is 425 g/mol. The van der Waals surface area contributed by atoms with Gasteiger partial charge in [0, 0.05) is 18.5 Å². The third-order valence-corrected chi connectivity index (χ3v) is 4.00. The summed E-state index contributed by atoms with van der Waals surface area (Å²) in [6.07, 6.45) is -6.71. The summed E-state index contributed by atoms with van der Waals surface area (Å²) < 4.78 is 81.6. The molecule has 3 aromatic rings. The van der Waals surface area contributed by atoms with Crippen molar-refractivity contribution < 1.29 is 31.1 Å². The molecule has 1 N–H and O–H groups in total. The van der Waals surface area contributed by atoms with Crippen LogP contribution in [-0.4, -0.2) is 21.9 Å². The number of halogens is 6. The number of rotatable bonds is 4. The van der Waals surface area contributed by atoms with Crippen LogP contribution in [0.4, 0.5) is 32.0 Å². The largest absolute Gasteiger partial charge is 0.418 e. The fraction of sp³-hybridized carbons (Fsp3) is 0.100. The first-order chi connectivity index (χ1) is 14.1. The number of benzene rings is 2. The van der Waals surface area contributed by atoms with Crippen LogP contribution < -0.4 is 5.32 Å². The van der Waals surface area contributed by atoms with Crippen LogP contribution in [0.15, 0.2) is 73.1 Å². The molecule has 4 nitrogen and oxygen atoms in total. The SMILES string of the molecule is O=C(/C=C(\c1ccccc1)C(F)(F)F)Nc1ccc(-n2cccn2)cc1C(F)(F)F. The molecular weight excluding hydrogens is 412 g/mol. The van der Waals surface area contributed by atoms with Crippen molar-refractivity contribution >= 4 is 17.2 Å². The maximum Gasteiger partial charge on any atom is 0.418 e. The van der Waals surface area contributed by atoms with Crippen molar-refractivity contribution in [3.05, 3.63) is 84.2 Å². The van der Waals surface area contributed by atoms with Crippen LogP contribution in [0.25, 0.3) is 11.3 Å². The van der Waals surface area contributed by atoms with Gasteiger partial charge in [0.15, 0.2) is 0 Å². The molecule has 1 heterocycles. The summed E-state index contributed by atoms with van der Waals surface area (Å²) in [6.45, 7) is 0. The minimum Gasteiger partial charge on any atom is -0.322 e. The Morgan fingerprint density at radius 1 is 0.967 bits per heavy atom. The number of alkyl halides is 6. The van der Waals surface area contributed by atoms with E-state index in [1.807, 2.05) is 5.32 Å². The lowest BCUT2D eigenvalue weighted by atomic mass is 10.0. The molecule has 0 aliphatic heterocycles. The molecule has 10 heteroatoms. The van der Waals surface area contributed by atoms with Crippen LogP contribution in [-0.2, 0) is 11.0 Å². The van der Waals surface area contributed by atoms with Crippen molar-refractivity contribution in [1.82, 2.24) is 9.78 Å². The second-order valence-corrected chi connectivity index (χ2v) is 6.09. The Hall–Kier alpha value is -3.56. The number of carbonyl (C=O) groups excluding carboxylic acids is 1. The van der Waals surface area contributed by atoms with Crippen LogP contribution in [0.1, 0.15) is 11.1 Å². The lowest BCUT2D eigenvalue weighted by Gasteiger charge is -2.16. The Labute approximate surface area is 166 Å². The van der Waals surface area contributed by atoms with E-state index in [1.165, 1.54) is 47.4 Å². The van der Waals surface area contributed by atoms with Gasteiger partial charge in [-0.3, -0.25) is 4.79 Å². The van der Waals surface area contributed by atoms with Crippen molar-refractivity contribution in [3.8, 4) is 5.69 Å². The molecule has 3 rings (SSSR count). The number of allylic oxidation sites excluding steroid dienone is 1. The van der Waals surface area contributed by atoms with Gasteiger partial charge in [0.1, 0.15) is 0 Å². The Balaban J connectivity index is 1.96. The average molecular weight is 425 g/mol. The highest BCUT2D eigenvalue weighted by Gasteiger charge is 2.36. The van der Waals surface area contributed by atoms with E-state index in [0.29, 0.717) is 0 Å². The van der Waals surface area contributed by atoms with Gasteiger partial charge in [-0.15, -0.1) is 0 Å². The maximum atomic E-state index is 13.5. The van der Waals surface area contributed by atoms with Gasteiger partial charge in [-0.2, -0.15) is 31.4 Å². The Bertz CT molecular complexity index is 1050. The molecule has 1 aromatic heterocycles. The number of carbonyl (C=O) groups is 1. The molecule has 2 aromatic carbocycles. The smallest absolute Gasteiger partial charge is 0.322 e. The van der Waals surface area contributed by atoms with Crippen molar-refractivity contribution in [2.24, 2.45) is 0 Å². The molecule has 0 saturated heterocycles. The first-order valence-corrected chi connectivity index (χ1v) is 8.42. The minimum absolute atomic E-state index is 0.0705. The number of nitrogens with one attached hydrogen (secondary N) is 1. The number of anilines is 1. The van der Waals surface area contributed by atoms with Gasteiger partial charge in [-0.05, 0) is 29.8 Å². The van der Waals surface area contributed by atoms with E-state index in [2.05, 4.69) is 5.10 Å².